The highest BCUT2D eigenvalue weighted by Gasteiger charge is 2.35. The second-order valence-electron chi connectivity index (χ2n) is 8.77. The van der Waals surface area contributed by atoms with Crippen molar-refractivity contribution in [1.29, 1.82) is 0 Å². The molecule has 0 radical (unpaired) electrons. The Morgan fingerprint density at radius 1 is 0.850 bits per heavy atom. The summed E-state index contributed by atoms with van der Waals surface area (Å²) in [4.78, 5) is 13.0. The molecule has 1 amide bonds. The zero-order valence-electron chi connectivity index (χ0n) is 21.5. The van der Waals surface area contributed by atoms with Crippen LogP contribution in [-0.2, 0) is 24.8 Å². The lowest BCUT2D eigenvalue weighted by molar-refractivity contribution is -0.114. The van der Waals surface area contributed by atoms with Crippen LogP contribution in [-0.4, -0.2) is 43.5 Å². The second kappa shape index (κ2) is 10.5. The van der Waals surface area contributed by atoms with Crippen molar-refractivity contribution in [2.45, 2.75) is 9.79 Å². The Kier molecular flexibility index (Phi) is 7.13. The van der Waals surface area contributed by atoms with E-state index in [4.69, 9.17) is 9.47 Å². The largest absolute Gasteiger partial charge is 0.497 e. The van der Waals surface area contributed by atoms with E-state index in [9.17, 15) is 21.6 Å². The van der Waals surface area contributed by atoms with Gasteiger partial charge in [-0.2, -0.15) is 0 Å². The SMILES string of the molecule is COc1ccc(NS(=O)(=O)c2ccc(NC(=O)CN3c4ccccc4-c4ccccc4S3(=O)=O)cc2)c(OC)c1. The van der Waals surface area contributed by atoms with Gasteiger partial charge >= 0.3 is 0 Å². The van der Waals surface area contributed by atoms with E-state index in [1.165, 1.54) is 50.6 Å². The van der Waals surface area contributed by atoms with Gasteiger partial charge in [-0.1, -0.05) is 36.4 Å². The number of hydrogen-bond acceptors (Lipinski definition) is 7. The van der Waals surface area contributed by atoms with Crippen molar-refractivity contribution in [3.05, 3.63) is 91.0 Å². The van der Waals surface area contributed by atoms with Gasteiger partial charge in [-0.3, -0.25) is 13.8 Å². The molecule has 10 nitrogen and oxygen atoms in total. The lowest BCUT2D eigenvalue weighted by atomic mass is 10.0. The Balaban J connectivity index is 1.32. The standard InChI is InChI=1S/C28H25N3O7S2/c1-37-20-13-16-24(26(17-20)38-2)30-39(33,34)21-14-11-19(12-15-21)29-28(32)18-31-25-9-5-3-7-22(25)23-8-4-6-10-27(23)40(31,35)36/h3-17,30H,18H2,1-2H3,(H,29,32). The van der Waals surface area contributed by atoms with Crippen molar-refractivity contribution in [3.8, 4) is 22.6 Å². The van der Waals surface area contributed by atoms with E-state index in [1.807, 2.05) is 6.07 Å². The van der Waals surface area contributed by atoms with E-state index in [0.717, 1.165) is 4.31 Å². The third kappa shape index (κ3) is 5.06. The zero-order chi connectivity index (χ0) is 28.5. The number of para-hydroxylation sites is 1. The van der Waals surface area contributed by atoms with Crippen LogP contribution in [0.5, 0.6) is 11.5 Å². The molecule has 1 aliphatic rings. The van der Waals surface area contributed by atoms with Crippen molar-refractivity contribution in [2.75, 3.05) is 35.1 Å². The lowest BCUT2D eigenvalue weighted by Crippen LogP contribution is -2.40. The molecule has 4 aromatic rings. The molecular formula is C28H25N3O7S2. The first-order valence-corrected chi connectivity index (χ1v) is 14.9. The number of carbonyl (C=O) groups is 1. The van der Waals surface area contributed by atoms with Gasteiger partial charge in [-0.05, 0) is 48.5 Å². The topological polar surface area (TPSA) is 131 Å². The first-order valence-electron chi connectivity index (χ1n) is 12.0. The van der Waals surface area contributed by atoms with E-state index in [1.54, 1.807) is 48.5 Å². The van der Waals surface area contributed by atoms with Gasteiger partial charge in [0, 0.05) is 22.9 Å². The Bertz CT molecular complexity index is 1810. The molecule has 2 N–H and O–H groups in total. The number of carbonyl (C=O) groups excluding carboxylic acids is 1. The minimum absolute atomic E-state index is 0.0486. The molecule has 0 saturated heterocycles. The molecule has 40 heavy (non-hydrogen) atoms. The molecule has 12 heteroatoms. The van der Waals surface area contributed by atoms with Crippen LogP contribution in [0, 0.1) is 0 Å². The maximum Gasteiger partial charge on any atom is 0.265 e. The molecule has 0 aliphatic carbocycles. The molecule has 0 bridgehead atoms. The Morgan fingerprint density at radius 3 is 2.23 bits per heavy atom. The second-order valence-corrected chi connectivity index (χ2v) is 12.3. The van der Waals surface area contributed by atoms with E-state index < -0.39 is 32.5 Å². The van der Waals surface area contributed by atoms with Gasteiger partial charge in [0.2, 0.25) is 5.91 Å². The number of hydrogen-bond donors (Lipinski definition) is 2. The van der Waals surface area contributed by atoms with Crippen LogP contribution < -0.4 is 23.8 Å². The zero-order valence-corrected chi connectivity index (χ0v) is 23.1. The van der Waals surface area contributed by atoms with E-state index in [2.05, 4.69) is 10.0 Å². The van der Waals surface area contributed by atoms with Crippen LogP contribution in [0.4, 0.5) is 17.1 Å². The maximum atomic E-state index is 13.4. The van der Waals surface area contributed by atoms with Crippen LogP contribution in [0.15, 0.2) is 101 Å². The van der Waals surface area contributed by atoms with Gasteiger partial charge in [0.05, 0.1) is 35.4 Å². The quantitative estimate of drug-likeness (QED) is 0.318. The smallest absolute Gasteiger partial charge is 0.265 e. The number of benzene rings is 4. The third-order valence-electron chi connectivity index (χ3n) is 6.31. The summed E-state index contributed by atoms with van der Waals surface area (Å²) < 4.78 is 66.6. The molecule has 4 aromatic carbocycles. The minimum Gasteiger partial charge on any atom is -0.497 e. The summed E-state index contributed by atoms with van der Waals surface area (Å²) >= 11 is 0. The van der Waals surface area contributed by atoms with Crippen molar-refractivity contribution in [2.24, 2.45) is 0 Å². The van der Waals surface area contributed by atoms with E-state index >= 15 is 0 Å². The summed E-state index contributed by atoms with van der Waals surface area (Å²) in [6, 6.07) is 23.8. The van der Waals surface area contributed by atoms with Crippen LogP contribution in [0.3, 0.4) is 0 Å². The number of methoxy groups -OCH3 is 2. The van der Waals surface area contributed by atoms with Crippen molar-refractivity contribution >= 4 is 43.0 Å². The number of amides is 1. The average Bonchev–Trinajstić information content (AvgIpc) is 2.95. The van der Waals surface area contributed by atoms with Crippen LogP contribution >= 0.6 is 0 Å². The van der Waals surface area contributed by atoms with Gasteiger partial charge < -0.3 is 14.8 Å². The Hall–Kier alpha value is -4.55. The van der Waals surface area contributed by atoms with Crippen LogP contribution in [0.1, 0.15) is 0 Å². The van der Waals surface area contributed by atoms with Crippen molar-refractivity contribution in [1.82, 2.24) is 0 Å². The monoisotopic (exact) mass is 579 g/mol. The van der Waals surface area contributed by atoms with Crippen molar-refractivity contribution in [3.63, 3.8) is 0 Å². The fourth-order valence-corrected chi connectivity index (χ4v) is 7.11. The number of anilines is 3. The number of sulfonamides is 2. The average molecular weight is 580 g/mol. The fourth-order valence-electron chi connectivity index (χ4n) is 4.39. The molecule has 0 fully saturated rings. The first kappa shape index (κ1) is 27.0. The minimum atomic E-state index is -3.98. The molecule has 0 saturated carbocycles. The number of fused-ring (bicyclic) bond motifs is 3. The number of nitrogens with zero attached hydrogens (tertiary/aromatic N) is 1. The molecule has 0 spiro atoms. The molecular weight excluding hydrogens is 554 g/mol. The van der Waals surface area contributed by atoms with E-state index in [0.29, 0.717) is 28.3 Å². The third-order valence-corrected chi connectivity index (χ3v) is 9.51. The van der Waals surface area contributed by atoms with Gasteiger partial charge in [0.15, 0.2) is 0 Å². The molecule has 0 unspecified atom stereocenters. The van der Waals surface area contributed by atoms with Gasteiger partial charge in [0.1, 0.15) is 18.0 Å². The fraction of sp³-hybridized carbons (Fsp3) is 0.107. The molecule has 0 atom stereocenters. The first-order chi connectivity index (χ1) is 19.1. The molecule has 0 aromatic heterocycles. The number of ether oxygens (including phenoxy) is 2. The predicted molar refractivity (Wildman–Crippen MR) is 152 cm³/mol. The summed E-state index contributed by atoms with van der Waals surface area (Å²) in [6.07, 6.45) is 0. The van der Waals surface area contributed by atoms with Gasteiger partial charge in [-0.15, -0.1) is 0 Å². The summed E-state index contributed by atoms with van der Waals surface area (Å²) in [5.74, 6) is 0.197. The summed E-state index contributed by atoms with van der Waals surface area (Å²) in [7, 11) is -5.06. The van der Waals surface area contributed by atoms with Gasteiger partial charge in [0.25, 0.3) is 20.0 Å². The van der Waals surface area contributed by atoms with Crippen LogP contribution in [0.25, 0.3) is 11.1 Å². The summed E-state index contributed by atoms with van der Waals surface area (Å²) in [5.41, 5.74) is 2.21. The normalized spacial score (nSPS) is 13.5. The molecule has 5 rings (SSSR count). The Labute approximate surface area is 232 Å². The molecule has 1 aliphatic heterocycles. The highest BCUT2D eigenvalue weighted by Crippen LogP contribution is 2.42. The molecule has 206 valence electrons. The number of rotatable bonds is 8. The highest BCUT2D eigenvalue weighted by molar-refractivity contribution is 7.93. The highest BCUT2D eigenvalue weighted by atomic mass is 32.2. The maximum absolute atomic E-state index is 13.4. The predicted octanol–water partition coefficient (Wildman–Crippen LogP) is 4.32. The Morgan fingerprint density at radius 2 is 1.52 bits per heavy atom. The van der Waals surface area contributed by atoms with Crippen LogP contribution in [0.2, 0.25) is 0 Å². The molecule has 1 heterocycles. The number of nitrogens with one attached hydrogen (secondary N) is 2. The van der Waals surface area contributed by atoms with E-state index in [-0.39, 0.29) is 21.2 Å². The lowest BCUT2D eigenvalue weighted by Gasteiger charge is -2.31. The summed E-state index contributed by atoms with van der Waals surface area (Å²) in [5, 5.41) is 2.65. The van der Waals surface area contributed by atoms with Crippen molar-refractivity contribution < 1.29 is 31.1 Å². The van der Waals surface area contributed by atoms with Gasteiger partial charge in [-0.25, -0.2) is 16.8 Å². The summed E-state index contributed by atoms with van der Waals surface area (Å²) in [6.45, 7) is -0.466.